The van der Waals surface area contributed by atoms with E-state index in [0.717, 1.165) is 25.7 Å². The molecule has 2 aromatic heterocycles. The third-order valence-electron chi connectivity index (χ3n) is 5.89. The highest BCUT2D eigenvalue weighted by Gasteiger charge is 2.44. The van der Waals surface area contributed by atoms with Crippen molar-refractivity contribution in [2.75, 3.05) is 11.5 Å². The van der Waals surface area contributed by atoms with Crippen LogP contribution in [0.1, 0.15) is 51.2 Å². The number of anilines is 1. The molecule has 3 heterocycles. The van der Waals surface area contributed by atoms with Crippen molar-refractivity contribution in [2.45, 2.75) is 75.5 Å². The number of aliphatic hydroxyl groups excluding tert-OH is 2. The largest absolute Gasteiger partial charge is 0.388 e. The van der Waals surface area contributed by atoms with Crippen LogP contribution in [0.25, 0.3) is 11.2 Å². The first-order valence-electron chi connectivity index (χ1n) is 10.5. The number of imidazole rings is 1. The number of hydrogen-bond acceptors (Lipinski definition) is 8. The van der Waals surface area contributed by atoms with Crippen LogP contribution in [0.2, 0.25) is 5.28 Å². The Morgan fingerprint density at radius 3 is 2.65 bits per heavy atom. The van der Waals surface area contributed by atoms with Gasteiger partial charge in [-0.05, 0) is 37.3 Å². The lowest BCUT2D eigenvalue weighted by Crippen LogP contribution is -2.31. The number of rotatable bonds is 8. The number of halogens is 1. The average molecular weight is 476 g/mol. The molecule has 0 spiro atoms. The van der Waals surface area contributed by atoms with Gasteiger partial charge in [0.25, 0.3) is 0 Å². The Balaban J connectivity index is 1.50. The first kappa shape index (κ1) is 22.8. The van der Waals surface area contributed by atoms with Crippen LogP contribution in [0.5, 0.6) is 0 Å². The van der Waals surface area contributed by atoms with Gasteiger partial charge in [-0.25, -0.2) is 4.98 Å². The lowest BCUT2D eigenvalue weighted by atomic mass is 10.1. The maximum atomic E-state index is 11.0. The zero-order valence-electron chi connectivity index (χ0n) is 16.8. The van der Waals surface area contributed by atoms with Crippen molar-refractivity contribution < 1.29 is 29.3 Å². The van der Waals surface area contributed by atoms with E-state index in [4.69, 9.17) is 26.1 Å². The van der Waals surface area contributed by atoms with Crippen molar-refractivity contribution in [3.8, 4) is 0 Å². The summed E-state index contributed by atoms with van der Waals surface area (Å²) in [5.74, 6) is 0.530. The minimum absolute atomic E-state index is 0.0387. The second kappa shape index (κ2) is 9.27. The van der Waals surface area contributed by atoms with Crippen molar-refractivity contribution in [1.82, 2.24) is 19.5 Å². The summed E-state index contributed by atoms with van der Waals surface area (Å²) >= 11 is 6.14. The second-order valence-corrected chi connectivity index (χ2v) is 10.3. The SMILES string of the molecule is O=P(O)(O)CCCC[C@H]1O[C@@H](n2cnc3c(NC4CCCC4)nc(Cl)nc32)[C@@H](O)C1O. The van der Waals surface area contributed by atoms with Crippen molar-refractivity contribution in [3.05, 3.63) is 11.6 Å². The highest BCUT2D eigenvalue weighted by atomic mass is 35.5. The summed E-state index contributed by atoms with van der Waals surface area (Å²) in [6, 6.07) is 0.298. The van der Waals surface area contributed by atoms with E-state index in [1.165, 1.54) is 10.9 Å². The standard InChI is InChI=1S/C18H27ClN5O6P/c19-18-22-15(21-10-5-1-2-6-10)12-16(23-18)24(9-20-12)17-14(26)13(25)11(30-17)7-3-4-8-31(27,28)29/h9-11,13-14,17,25-26H,1-8H2,(H,21,22,23)(H2,27,28,29)/t11-,13?,14+,17-/m1/s1. The molecule has 1 saturated heterocycles. The first-order valence-corrected chi connectivity index (χ1v) is 12.6. The molecule has 13 heteroatoms. The minimum Gasteiger partial charge on any atom is -0.388 e. The maximum absolute atomic E-state index is 11.0. The van der Waals surface area contributed by atoms with Crippen molar-refractivity contribution in [3.63, 3.8) is 0 Å². The highest BCUT2D eigenvalue weighted by molar-refractivity contribution is 7.51. The molecule has 1 aliphatic carbocycles. The molecular weight excluding hydrogens is 449 g/mol. The van der Waals surface area contributed by atoms with Crippen molar-refractivity contribution in [1.29, 1.82) is 0 Å². The normalized spacial score (nSPS) is 27.4. The lowest BCUT2D eigenvalue weighted by Gasteiger charge is -2.17. The molecule has 0 radical (unpaired) electrons. The fourth-order valence-corrected chi connectivity index (χ4v) is 5.10. The minimum atomic E-state index is -4.05. The number of ether oxygens (including phenoxy) is 1. The van der Waals surface area contributed by atoms with E-state index in [0.29, 0.717) is 42.3 Å². The number of nitrogens with one attached hydrogen (secondary N) is 1. The molecule has 2 aromatic rings. The zero-order chi connectivity index (χ0) is 22.2. The Morgan fingerprint density at radius 1 is 1.19 bits per heavy atom. The molecule has 0 amide bonds. The van der Waals surface area contributed by atoms with Crippen LogP contribution in [0.15, 0.2) is 6.33 Å². The van der Waals surface area contributed by atoms with E-state index in [9.17, 15) is 14.8 Å². The zero-order valence-corrected chi connectivity index (χ0v) is 18.5. The van der Waals surface area contributed by atoms with E-state index in [1.807, 2.05) is 0 Å². The smallest absolute Gasteiger partial charge is 0.325 e. The van der Waals surface area contributed by atoms with Crippen LogP contribution in [0.4, 0.5) is 5.82 Å². The quantitative estimate of drug-likeness (QED) is 0.216. The summed E-state index contributed by atoms with van der Waals surface area (Å²) in [5, 5.41) is 24.4. The number of aromatic nitrogens is 4. The number of nitrogens with zero attached hydrogens (tertiary/aromatic N) is 4. The molecule has 1 unspecified atom stereocenters. The number of hydrogen-bond donors (Lipinski definition) is 5. The van der Waals surface area contributed by atoms with Crippen LogP contribution in [0.3, 0.4) is 0 Å². The molecule has 2 aliphatic rings. The van der Waals surface area contributed by atoms with Gasteiger partial charge in [0, 0.05) is 12.2 Å². The summed E-state index contributed by atoms with van der Waals surface area (Å²) < 4.78 is 18.4. The van der Waals surface area contributed by atoms with Gasteiger partial charge < -0.3 is 30.1 Å². The summed E-state index contributed by atoms with van der Waals surface area (Å²) in [4.78, 5) is 30.8. The Hall–Kier alpha value is -1.33. The van der Waals surface area contributed by atoms with Crippen LogP contribution >= 0.6 is 19.2 Å². The van der Waals surface area contributed by atoms with E-state index < -0.39 is 32.1 Å². The predicted octanol–water partition coefficient (Wildman–Crippen LogP) is 1.80. The van der Waals surface area contributed by atoms with Gasteiger partial charge in [-0.15, -0.1) is 0 Å². The summed E-state index contributed by atoms with van der Waals surface area (Å²) in [7, 11) is -4.05. The summed E-state index contributed by atoms with van der Waals surface area (Å²) in [5.41, 5.74) is 0.894. The lowest BCUT2D eigenvalue weighted by molar-refractivity contribution is -0.0373. The molecule has 31 heavy (non-hydrogen) atoms. The molecule has 11 nitrogen and oxygen atoms in total. The maximum Gasteiger partial charge on any atom is 0.325 e. The van der Waals surface area contributed by atoms with Gasteiger partial charge in [0.05, 0.1) is 12.4 Å². The molecule has 1 saturated carbocycles. The Kier molecular flexibility index (Phi) is 6.83. The Labute approximate surface area is 184 Å². The molecule has 0 bridgehead atoms. The monoisotopic (exact) mass is 475 g/mol. The number of fused-ring (bicyclic) bond motifs is 1. The van der Waals surface area contributed by atoms with Crippen molar-refractivity contribution in [2.24, 2.45) is 0 Å². The van der Waals surface area contributed by atoms with Gasteiger partial charge in [-0.2, -0.15) is 9.97 Å². The first-order chi connectivity index (χ1) is 14.7. The van der Waals surface area contributed by atoms with Gasteiger partial charge in [-0.3, -0.25) is 9.13 Å². The molecule has 1 aliphatic heterocycles. The third-order valence-corrected chi connectivity index (χ3v) is 6.96. The fourth-order valence-electron chi connectivity index (χ4n) is 4.30. The summed E-state index contributed by atoms with van der Waals surface area (Å²) in [6.07, 6.45) is 2.79. The molecular formula is C18H27ClN5O6P. The van der Waals surface area contributed by atoms with E-state index >= 15 is 0 Å². The number of unbranched alkanes of at least 4 members (excludes halogenated alkanes) is 1. The molecule has 4 rings (SSSR count). The van der Waals surface area contributed by atoms with Crippen LogP contribution < -0.4 is 5.32 Å². The molecule has 0 aromatic carbocycles. The van der Waals surface area contributed by atoms with Gasteiger partial charge in [0.15, 0.2) is 23.2 Å². The molecule has 172 valence electrons. The Morgan fingerprint density at radius 2 is 1.94 bits per heavy atom. The van der Waals surface area contributed by atoms with Crippen LogP contribution in [0, 0.1) is 0 Å². The van der Waals surface area contributed by atoms with E-state index in [1.54, 1.807) is 0 Å². The Bertz CT molecular complexity index is 964. The molecule has 4 atom stereocenters. The van der Waals surface area contributed by atoms with Crippen LogP contribution in [-0.2, 0) is 9.30 Å². The third kappa shape index (κ3) is 5.19. The van der Waals surface area contributed by atoms with E-state index in [2.05, 4.69) is 20.3 Å². The van der Waals surface area contributed by atoms with Crippen LogP contribution in [-0.4, -0.2) is 70.0 Å². The highest BCUT2D eigenvalue weighted by Crippen LogP contribution is 2.37. The van der Waals surface area contributed by atoms with Gasteiger partial charge in [0.2, 0.25) is 5.28 Å². The summed E-state index contributed by atoms with van der Waals surface area (Å²) in [6.45, 7) is 0. The van der Waals surface area contributed by atoms with Gasteiger partial charge >= 0.3 is 7.60 Å². The van der Waals surface area contributed by atoms with Gasteiger partial charge in [-0.1, -0.05) is 19.3 Å². The van der Waals surface area contributed by atoms with E-state index in [-0.39, 0.29) is 11.4 Å². The fraction of sp³-hybridized carbons (Fsp3) is 0.722. The number of aliphatic hydroxyl groups is 2. The second-order valence-electron chi connectivity index (χ2n) is 8.22. The topological polar surface area (TPSA) is 163 Å². The van der Waals surface area contributed by atoms with Gasteiger partial charge in [0.1, 0.15) is 12.2 Å². The van der Waals surface area contributed by atoms with Crippen molar-refractivity contribution >= 4 is 36.2 Å². The molecule has 5 N–H and O–H groups in total. The predicted molar refractivity (Wildman–Crippen MR) is 113 cm³/mol. The molecule has 2 fully saturated rings. The average Bonchev–Trinajstić information content (AvgIpc) is 3.40.